The predicted molar refractivity (Wildman–Crippen MR) is 51.5 cm³/mol. The molecule has 0 aromatic rings. The van der Waals surface area contributed by atoms with E-state index in [2.05, 4.69) is 37.0 Å². The van der Waals surface area contributed by atoms with Gasteiger partial charge in [-0.1, -0.05) is 25.0 Å². The molecule has 0 amide bonds. The third kappa shape index (κ3) is 1.93. The van der Waals surface area contributed by atoms with Crippen LogP contribution >= 0.6 is 0 Å². The Balaban J connectivity index is 0.000000845. The summed E-state index contributed by atoms with van der Waals surface area (Å²) in [6, 6.07) is 0. The van der Waals surface area contributed by atoms with Gasteiger partial charge in [-0.25, -0.2) is 0 Å². The maximum absolute atomic E-state index is 3.79. The Morgan fingerprint density at radius 2 is 2.31 bits per heavy atom. The molecule has 68 valence electrons. The van der Waals surface area contributed by atoms with Crippen LogP contribution in [0.5, 0.6) is 0 Å². The van der Waals surface area contributed by atoms with Gasteiger partial charge in [0, 0.05) is 17.1 Å². The van der Waals surface area contributed by atoms with Gasteiger partial charge in [-0.2, -0.15) is 11.6 Å². The molecule has 13 heavy (non-hydrogen) atoms. The molecule has 0 saturated heterocycles. The molecule has 0 fully saturated rings. The first-order valence-corrected chi connectivity index (χ1v) is 4.21. The van der Waals surface area contributed by atoms with Crippen molar-refractivity contribution >= 4 is 0 Å². The molecule has 2 rings (SSSR count). The fourth-order valence-electron chi connectivity index (χ4n) is 1.58. The maximum atomic E-state index is 3.79. The van der Waals surface area contributed by atoms with Crippen LogP contribution in [0.15, 0.2) is 53.7 Å². The Morgan fingerprint density at radius 3 is 2.92 bits per heavy atom. The van der Waals surface area contributed by atoms with E-state index in [-0.39, 0.29) is 17.1 Å². The smallest absolute Gasteiger partial charge is 0 e. The van der Waals surface area contributed by atoms with Gasteiger partial charge in [0.15, 0.2) is 0 Å². The minimum absolute atomic E-state index is 0. The van der Waals surface area contributed by atoms with Gasteiger partial charge in [0.1, 0.15) is 0 Å². The summed E-state index contributed by atoms with van der Waals surface area (Å²) in [5.74, 6) is 0. The molecule has 0 unspecified atom stereocenters. The Kier molecular flexibility index (Phi) is 3.53. The SMILES string of the molecule is C=CC1=CC[C-]=C1C1=CC=CC1.[Fe]. The first-order chi connectivity index (χ1) is 5.92. The molecule has 0 N–H and O–H groups in total. The van der Waals surface area contributed by atoms with Crippen LogP contribution in [0.2, 0.25) is 0 Å². The van der Waals surface area contributed by atoms with Crippen molar-refractivity contribution in [2.24, 2.45) is 0 Å². The Bertz CT molecular complexity index is 327. The second kappa shape index (κ2) is 4.45. The Hall–Kier alpha value is -0.781. The van der Waals surface area contributed by atoms with Gasteiger partial charge >= 0.3 is 0 Å². The molecule has 0 heterocycles. The maximum Gasteiger partial charge on any atom is 0 e. The van der Waals surface area contributed by atoms with E-state index in [1.165, 1.54) is 16.7 Å². The second-order valence-corrected chi connectivity index (χ2v) is 2.94. The summed E-state index contributed by atoms with van der Waals surface area (Å²) in [6.07, 6.45) is 15.8. The average Bonchev–Trinajstić information content (AvgIpc) is 2.74. The standard InChI is InChI=1S/C12H11.Fe/c1-2-10-8-5-9-12(10)11-6-3-4-7-11;/h2-4,6,8H,1,5,7H2;/q-1;. The van der Waals surface area contributed by atoms with Crippen LogP contribution in [0.3, 0.4) is 0 Å². The molecule has 1 heteroatoms. The molecule has 0 aromatic carbocycles. The van der Waals surface area contributed by atoms with Crippen molar-refractivity contribution in [2.45, 2.75) is 12.8 Å². The Labute approximate surface area is 89.9 Å². The van der Waals surface area contributed by atoms with Crippen LogP contribution in [-0.2, 0) is 17.1 Å². The third-order valence-corrected chi connectivity index (χ3v) is 2.20. The average molecular weight is 211 g/mol. The largest absolute Gasteiger partial charge is 0.197 e. The van der Waals surface area contributed by atoms with Crippen LogP contribution in [-0.4, -0.2) is 0 Å². The van der Waals surface area contributed by atoms with Crippen LogP contribution < -0.4 is 0 Å². The van der Waals surface area contributed by atoms with Crippen molar-refractivity contribution in [1.82, 2.24) is 0 Å². The fourth-order valence-corrected chi connectivity index (χ4v) is 1.58. The molecule has 0 aliphatic heterocycles. The normalized spacial score (nSPS) is 18.9. The van der Waals surface area contributed by atoms with Gasteiger partial charge in [0.25, 0.3) is 0 Å². The summed E-state index contributed by atoms with van der Waals surface area (Å²) < 4.78 is 0. The molecular formula is C12H11Fe-. The van der Waals surface area contributed by atoms with Crippen molar-refractivity contribution < 1.29 is 17.1 Å². The van der Waals surface area contributed by atoms with E-state index in [1.54, 1.807) is 0 Å². The van der Waals surface area contributed by atoms with Crippen molar-refractivity contribution in [3.8, 4) is 0 Å². The second-order valence-electron chi connectivity index (χ2n) is 2.94. The first kappa shape index (κ1) is 10.3. The molecule has 0 aromatic heterocycles. The van der Waals surface area contributed by atoms with E-state index >= 15 is 0 Å². The van der Waals surface area contributed by atoms with Crippen LogP contribution in [0, 0.1) is 6.08 Å². The molecule has 0 radical (unpaired) electrons. The van der Waals surface area contributed by atoms with E-state index in [4.69, 9.17) is 0 Å². The first-order valence-electron chi connectivity index (χ1n) is 4.21. The Morgan fingerprint density at radius 1 is 1.46 bits per heavy atom. The summed E-state index contributed by atoms with van der Waals surface area (Å²) in [4.78, 5) is 0. The van der Waals surface area contributed by atoms with Gasteiger partial charge in [-0.05, 0) is 0 Å². The van der Waals surface area contributed by atoms with Crippen molar-refractivity contribution in [3.05, 3.63) is 59.8 Å². The van der Waals surface area contributed by atoms with Crippen LogP contribution in [0.1, 0.15) is 12.8 Å². The minimum Gasteiger partial charge on any atom is -0.197 e. The van der Waals surface area contributed by atoms with Gasteiger partial charge in [0.05, 0.1) is 0 Å². The summed E-state index contributed by atoms with van der Waals surface area (Å²) in [5, 5.41) is 0. The molecule has 0 atom stereocenters. The molecule has 2 aliphatic carbocycles. The zero-order valence-corrected chi connectivity index (χ0v) is 8.47. The number of allylic oxidation sites excluding steroid dienone is 9. The van der Waals surface area contributed by atoms with E-state index in [0.29, 0.717) is 0 Å². The van der Waals surface area contributed by atoms with Crippen LogP contribution in [0.4, 0.5) is 0 Å². The number of hydrogen-bond acceptors (Lipinski definition) is 0. The topological polar surface area (TPSA) is 0 Å². The summed E-state index contributed by atoms with van der Waals surface area (Å²) in [7, 11) is 0. The van der Waals surface area contributed by atoms with E-state index in [9.17, 15) is 0 Å². The van der Waals surface area contributed by atoms with Gasteiger partial charge < -0.3 is 0 Å². The molecule has 0 nitrogen and oxygen atoms in total. The van der Waals surface area contributed by atoms with E-state index in [1.807, 2.05) is 6.08 Å². The molecule has 2 aliphatic rings. The fraction of sp³-hybridized carbons (Fsp3) is 0.167. The summed E-state index contributed by atoms with van der Waals surface area (Å²) in [6.45, 7) is 3.79. The van der Waals surface area contributed by atoms with Crippen molar-refractivity contribution in [3.63, 3.8) is 0 Å². The zero-order valence-electron chi connectivity index (χ0n) is 7.36. The monoisotopic (exact) mass is 211 g/mol. The summed E-state index contributed by atoms with van der Waals surface area (Å²) >= 11 is 0. The molecular weight excluding hydrogens is 200 g/mol. The van der Waals surface area contributed by atoms with E-state index < -0.39 is 0 Å². The number of rotatable bonds is 2. The van der Waals surface area contributed by atoms with Gasteiger partial charge in [-0.3, -0.25) is 0 Å². The third-order valence-electron chi connectivity index (χ3n) is 2.20. The predicted octanol–water partition coefficient (Wildman–Crippen LogP) is 3.12. The molecule has 0 saturated carbocycles. The quantitative estimate of drug-likeness (QED) is 0.486. The van der Waals surface area contributed by atoms with Crippen molar-refractivity contribution in [2.75, 3.05) is 0 Å². The van der Waals surface area contributed by atoms with Gasteiger partial charge in [-0.15, -0.1) is 36.0 Å². The number of hydrogen-bond donors (Lipinski definition) is 0. The van der Waals surface area contributed by atoms with Gasteiger partial charge in [0.2, 0.25) is 0 Å². The zero-order chi connectivity index (χ0) is 8.39. The van der Waals surface area contributed by atoms with E-state index in [0.717, 1.165) is 12.8 Å². The summed E-state index contributed by atoms with van der Waals surface area (Å²) in [5.41, 5.74) is 3.87. The molecule has 0 bridgehead atoms. The van der Waals surface area contributed by atoms with Crippen LogP contribution in [0.25, 0.3) is 0 Å². The minimum atomic E-state index is 0. The van der Waals surface area contributed by atoms with Crippen molar-refractivity contribution in [1.29, 1.82) is 0 Å². The molecule has 0 spiro atoms.